The molecule has 1 saturated heterocycles. The van der Waals surface area contributed by atoms with Gasteiger partial charge in [0.25, 0.3) is 0 Å². The molecule has 0 N–H and O–H groups in total. The Morgan fingerprint density at radius 3 is 2.81 bits per heavy atom. The second-order valence-corrected chi connectivity index (χ2v) is 5.22. The molecular formula is C11H9ClN2OS. The van der Waals surface area contributed by atoms with Crippen LogP contribution in [0.25, 0.3) is 10.9 Å². The van der Waals surface area contributed by atoms with Crippen molar-refractivity contribution in [3.63, 3.8) is 0 Å². The quantitative estimate of drug-likeness (QED) is 0.608. The highest BCUT2D eigenvalue weighted by atomic mass is 35.5. The van der Waals surface area contributed by atoms with Gasteiger partial charge in [0, 0.05) is 5.39 Å². The lowest BCUT2D eigenvalue weighted by Crippen LogP contribution is -2.30. The third-order valence-corrected chi connectivity index (χ3v) is 3.74. The molecule has 0 amide bonds. The maximum Gasteiger partial charge on any atom is 0.224 e. The molecule has 1 aliphatic rings. The zero-order chi connectivity index (χ0) is 11.0. The van der Waals surface area contributed by atoms with Crippen molar-refractivity contribution in [1.82, 2.24) is 9.97 Å². The van der Waals surface area contributed by atoms with Crippen LogP contribution < -0.4 is 0 Å². The molecule has 0 unspecified atom stereocenters. The van der Waals surface area contributed by atoms with Crippen LogP contribution in [0.4, 0.5) is 0 Å². The van der Waals surface area contributed by atoms with E-state index in [1.807, 2.05) is 24.3 Å². The smallest absolute Gasteiger partial charge is 0.224 e. The maximum absolute atomic E-state index is 5.90. The minimum Gasteiger partial charge on any atom is -0.379 e. The highest BCUT2D eigenvalue weighted by Gasteiger charge is 2.21. The summed E-state index contributed by atoms with van der Waals surface area (Å²) in [4.78, 5) is 8.48. The summed E-state index contributed by atoms with van der Waals surface area (Å²) < 4.78 is 5.15. The SMILES string of the molecule is Clc1nc(SC2COC2)c2ccccc2n1. The molecule has 0 spiro atoms. The number of hydrogen-bond acceptors (Lipinski definition) is 4. The summed E-state index contributed by atoms with van der Waals surface area (Å²) in [5.41, 5.74) is 0.894. The van der Waals surface area contributed by atoms with Crippen LogP contribution in [0.2, 0.25) is 5.28 Å². The van der Waals surface area contributed by atoms with Gasteiger partial charge in [0.1, 0.15) is 5.03 Å². The van der Waals surface area contributed by atoms with Crippen LogP contribution in [0.15, 0.2) is 29.3 Å². The average Bonchev–Trinajstić information content (AvgIpc) is 2.23. The third-order valence-electron chi connectivity index (χ3n) is 2.43. The Kier molecular flexibility index (Phi) is 2.71. The van der Waals surface area contributed by atoms with E-state index in [0.717, 1.165) is 29.1 Å². The molecule has 0 saturated carbocycles. The fourth-order valence-electron chi connectivity index (χ4n) is 1.55. The summed E-state index contributed by atoms with van der Waals surface area (Å²) in [5.74, 6) is 0. The lowest BCUT2D eigenvalue weighted by Gasteiger charge is -2.25. The number of rotatable bonds is 2. The Morgan fingerprint density at radius 1 is 1.25 bits per heavy atom. The van der Waals surface area contributed by atoms with Crippen LogP contribution in [-0.2, 0) is 4.74 Å². The number of thioether (sulfide) groups is 1. The van der Waals surface area contributed by atoms with Crippen molar-refractivity contribution in [2.75, 3.05) is 13.2 Å². The molecule has 3 nitrogen and oxygen atoms in total. The van der Waals surface area contributed by atoms with Crippen molar-refractivity contribution in [3.8, 4) is 0 Å². The second kappa shape index (κ2) is 4.20. The molecule has 1 aliphatic heterocycles. The van der Waals surface area contributed by atoms with E-state index in [1.165, 1.54) is 0 Å². The summed E-state index contributed by atoms with van der Waals surface area (Å²) in [5, 5.41) is 2.81. The van der Waals surface area contributed by atoms with Gasteiger partial charge in [0.05, 0.1) is 24.0 Å². The van der Waals surface area contributed by atoms with Gasteiger partial charge in [-0.3, -0.25) is 0 Å². The molecule has 0 bridgehead atoms. The van der Waals surface area contributed by atoms with Gasteiger partial charge >= 0.3 is 0 Å². The lowest BCUT2D eigenvalue weighted by molar-refractivity contribution is 0.0455. The van der Waals surface area contributed by atoms with E-state index in [2.05, 4.69) is 9.97 Å². The molecule has 0 aliphatic carbocycles. The fourth-order valence-corrected chi connectivity index (χ4v) is 2.86. The van der Waals surface area contributed by atoms with Gasteiger partial charge in [0.15, 0.2) is 0 Å². The van der Waals surface area contributed by atoms with Crippen molar-refractivity contribution in [3.05, 3.63) is 29.5 Å². The van der Waals surface area contributed by atoms with Gasteiger partial charge in [-0.05, 0) is 17.7 Å². The minimum atomic E-state index is 0.307. The molecule has 82 valence electrons. The van der Waals surface area contributed by atoms with E-state index in [9.17, 15) is 0 Å². The Balaban J connectivity index is 2.06. The Hall–Kier alpha value is -0.840. The third kappa shape index (κ3) is 1.88. The molecule has 1 aromatic carbocycles. The van der Waals surface area contributed by atoms with Crippen molar-refractivity contribution < 1.29 is 4.74 Å². The summed E-state index contributed by atoms with van der Waals surface area (Å²) in [6.07, 6.45) is 0. The number of ether oxygens (including phenoxy) is 1. The first-order valence-corrected chi connectivity index (χ1v) is 6.25. The Bertz CT molecular complexity index is 530. The largest absolute Gasteiger partial charge is 0.379 e. The number of hydrogen-bond donors (Lipinski definition) is 0. The van der Waals surface area contributed by atoms with Crippen LogP contribution in [-0.4, -0.2) is 28.4 Å². The zero-order valence-electron chi connectivity index (χ0n) is 8.39. The van der Waals surface area contributed by atoms with Crippen LogP contribution in [0.1, 0.15) is 0 Å². The topological polar surface area (TPSA) is 35.0 Å². The molecule has 3 rings (SSSR count). The molecule has 1 fully saturated rings. The highest BCUT2D eigenvalue weighted by molar-refractivity contribution is 8.00. The summed E-state index contributed by atoms with van der Waals surface area (Å²) in [6.45, 7) is 1.58. The van der Waals surface area contributed by atoms with E-state index in [1.54, 1.807) is 11.8 Å². The van der Waals surface area contributed by atoms with Gasteiger partial charge in [-0.2, -0.15) is 0 Å². The molecule has 5 heteroatoms. The number of halogens is 1. The predicted molar refractivity (Wildman–Crippen MR) is 65.0 cm³/mol. The van der Waals surface area contributed by atoms with Crippen LogP contribution in [0.3, 0.4) is 0 Å². The zero-order valence-corrected chi connectivity index (χ0v) is 9.96. The van der Waals surface area contributed by atoms with E-state index in [4.69, 9.17) is 16.3 Å². The summed E-state index contributed by atoms with van der Waals surface area (Å²) in [6, 6.07) is 7.91. The summed E-state index contributed by atoms with van der Waals surface area (Å²) >= 11 is 7.62. The fraction of sp³-hybridized carbons (Fsp3) is 0.273. The maximum atomic E-state index is 5.90. The first-order chi connectivity index (χ1) is 7.83. The molecule has 1 aromatic heterocycles. The summed E-state index contributed by atoms with van der Waals surface area (Å²) in [7, 11) is 0. The van der Waals surface area contributed by atoms with Gasteiger partial charge in [-0.1, -0.05) is 30.0 Å². The Labute approximate surface area is 102 Å². The number of fused-ring (bicyclic) bond motifs is 1. The average molecular weight is 253 g/mol. The molecule has 2 heterocycles. The second-order valence-electron chi connectivity index (χ2n) is 3.59. The van der Waals surface area contributed by atoms with Gasteiger partial charge in [-0.15, -0.1) is 0 Å². The van der Waals surface area contributed by atoms with Crippen molar-refractivity contribution in [2.45, 2.75) is 10.3 Å². The van der Waals surface area contributed by atoms with E-state index in [-0.39, 0.29) is 0 Å². The van der Waals surface area contributed by atoms with Gasteiger partial charge in [0.2, 0.25) is 5.28 Å². The minimum absolute atomic E-state index is 0.307. The van der Waals surface area contributed by atoms with Crippen molar-refractivity contribution in [2.24, 2.45) is 0 Å². The van der Waals surface area contributed by atoms with Crippen molar-refractivity contribution in [1.29, 1.82) is 0 Å². The monoisotopic (exact) mass is 252 g/mol. The molecule has 0 atom stereocenters. The Morgan fingerprint density at radius 2 is 2.06 bits per heavy atom. The number of benzene rings is 1. The first kappa shape index (κ1) is 10.3. The number of nitrogens with zero attached hydrogens (tertiary/aromatic N) is 2. The molecule has 2 aromatic rings. The van der Waals surface area contributed by atoms with Crippen molar-refractivity contribution >= 4 is 34.3 Å². The van der Waals surface area contributed by atoms with Crippen LogP contribution >= 0.6 is 23.4 Å². The molecule has 16 heavy (non-hydrogen) atoms. The number of para-hydroxylation sites is 1. The standard InChI is InChI=1S/C11H9ClN2OS/c12-11-13-9-4-2-1-3-8(9)10(14-11)16-7-5-15-6-7/h1-4,7H,5-6H2. The van der Waals surface area contributed by atoms with E-state index < -0.39 is 0 Å². The molecular weight excluding hydrogens is 244 g/mol. The van der Waals surface area contributed by atoms with Gasteiger partial charge in [-0.25, -0.2) is 9.97 Å². The number of aromatic nitrogens is 2. The molecule has 0 radical (unpaired) electrons. The van der Waals surface area contributed by atoms with Crippen LogP contribution in [0.5, 0.6) is 0 Å². The van der Waals surface area contributed by atoms with Crippen LogP contribution in [0, 0.1) is 0 Å². The van der Waals surface area contributed by atoms with E-state index in [0.29, 0.717) is 10.5 Å². The lowest BCUT2D eigenvalue weighted by atomic mass is 10.2. The first-order valence-electron chi connectivity index (χ1n) is 4.99. The predicted octanol–water partition coefficient (Wildman–Crippen LogP) is 2.77. The van der Waals surface area contributed by atoms with E-state index >= 15 is 0 Å². The van der Waals surface area contributed by atoms with Gasteiger partial charge < -0.3 is 4.74 Å². The highest BCUT2D eigenvalue weighted by Crippen LogP contribution is 2.32. The normalized spacial score (nSPS) is 16.3.